The van der Waals surface area contributed by atoms with E-state index in [1.165, 1.54) is 96.1 Å². The Kier molecular flexibility index (Phi) is 5.59. The molecule has 0 spiro atoms. The Balaban J connectivity index is 1.26. The SMILES string of the molecule is CN1c2ccc(-c3ccc4c(c3)[C@]3(C)CCCC[C@]3(c3ccccc3)N4C)cc2[C@]2(C)CCCC[C@]12c1ccccc1. The minimum atomic E-state index is 0.0129. The highest BCUT2D eigenvalue weighted by atomic mass is 15.2. The van der Waals surface area contributed by atoms with Gasteiger partial charge in [0.25, 0.3) is 0 Å². The van der Waals surface area contributed by atoms with Crippen LogP contribution in [0.3, 0.4) is 0 Å². The second-order valence-corrected chi connectivity index (χ2v) is 14.1. The van der Waals surface area contributed by atoms with Crippen LogP contribution in [0.25, 0.3) is 11.1 Å². The van der Waals surface area contributed by atoms with Crippen molar-refractivity contribution in [2.75, 3.05) is 23.9 Å². The maximum absolute atomic E-state index is 2.63. The van der Waals surface area contributed by atoms with Gasteiger partial charge in [-0.3, -0.25) is 0 Å². The molecule has 8 rings (SSSR count). The van der Waals surface area contributed by atoms with Crippen LogP contribution < -0.4 is 9.80 Å². The third kappa shape index (κ3) is 3.06. The van der Waals surface area contributed by atoms with Gasteiger partial charge in [-0.25, -0.2) is 0 Å². The molecule has 2 aliphatic heterocycles. The van der Waals surface area contributed by atoms with Crippen LogP contribution in [0.1, 0.15) is 87.5 Å². The molecule has 2 heteroatoms. The summed E-state index contributed by atoms with van der Waals surface area (Å²) in [5, 5.41) is 0. The first-order valence-electron chi connectivity index (χ1n) is 16.3. The van der Waals surface area contributed by atoms with E-state index in [1.807, 2.05) is 0 Å². The third-order valence-corrected chi connectivity index (χ3v) is 12.6. The highest BCUT2D eigenvalue weighted by molar-refractivity contribution is 5.79. The Hall–Kier alpha value is -3.52. The van der Waals surface area contributed by atoms with Crippen LogP contribution in [0.4, 0.5) is 11.4 Å². The lowest BCUT2D eigenvalue weighted by Gasteiger charge is -2.52. The highest BCUT2D eigenvalue weighted by Gasteiger charge is 2.61. The molecule has 0 aromatic heterocycles. The van der Waals surface area contributed by atoms with Gasteiger partial charge in [-0.15, -0.1) is 0 Å². The Labute approximate surface area is 252 Å². The van der Waals surface area contributed by atoms with Crippen molar-refractivity contribution in [3.63, 3.8) is 0 Å². The first-order valence-corrected chi connectivity index (χ1v) is 16.3. The zero-order chi connectivity index (χ0) is 28.7. The zero-order valence-corrected chi connectivity index (χ0v) is 25.8. The molecule has 0 bridgehead atoms. The topological polar surface area (TPSA) is 6.48 Å². The fourth-order valence-corrected chi connectivity index (χ4v) is 10.5. The molecular formula is C40H44N2. The molecule has 2 saturated carbocycles. The fourth-order valence-electron chi connectivity index (χ4n) is 10.5. The van der Waals surface area contributed by atoms with E-state index in [4.69, 9.17) is 0 Å². The molecule has 2 fully saturated rings. The van der Waals surface area contributed by atoms with Gasteiger partial charge in [0.2, 0.25) is 0 Å². The number of fused-ring (bicyclic) bond motifs is 6. The third-order valence-electron chi connectivity index (χ3n) is 12.6. The molecule has 42 heavy (non-hydrogen) atoms. The summed E-state index contributed by atoms with van der Waals surface area (Å²) in [6.07, 6.45) is 10.1. The first-order chi connectivity index (χ1) is 20.4. The number of likely N-dealkylation sites (N-methyl/N-ethyl adjacent to an activating group) is 2. The van der Waals surface area contributed by atoms with Gasteiger partial charge in [-0.05, 0) is 83.3 Å². The number of hydrogen-bond acceptors (Lipinski definition) is 2. The molecular weight excluding hydrogens is 508 g/mol. The van der Waals surface area contributed by atoms with Crippen LogP contribution in [0, 0.1) is 0 Å². The van der Waals surface area contributed by atoms with E-state index in [-0.39, 0.29) is 21.9 Å². The number of hydrogen-bond donors (Lipinski definition) is 0. The van der Waals surface area contributed by atoms with E-state index in [2.05, 4.69) is 135 Å². The molecule has 0 saturated heterocycles. The van der Waals surface area contributed by atoms with Crippen molar-refractivity contribution < 1.29 is 0 Å². The van der Waals surface area contributed by atoms with Gasteiger partial charge < -0.3 is 9.80 Å². The van der Waals surface area contributed by atoms with E-state index in [1.54, 1.807) is 0 Å². The van der Waals surface area contributed by atoms with Crippen molar-refractivity contribution in [2.45, 2.75) is 87.1 Å². The molecule has 4 aliphatic rings. The molecule has 4 atom stereocenters. The van der Waals surface area contributed by atoms with Crippen LogP contribution in [0.5, 0.6) is 0 Å². The van der Waals surface area contributed by atoms with Crippen LogP contribution >= 0.6 is 0 Å². The standard InChI is InChI=1S/C40H44N2/c1-37-23-11-13-25-39(37,31-15-7-5-8-16-31)41(3)35-21-19-29(27-33(35)37)30-20-22-36-34(28-30)38(2)24-12-14-26-40(38,42(36)4)32-17-9-6-10-18-32/h5-10,15-22,27-28H,11-14,23-26H2,1-4H3/t37-,38-,39+,40+/m0/s1. The molecule has 4 aromatic rings. The summed E-state index contributed by atoms with van der Waals surface area (Å²) in [6.45, 7) is 5.11. The molecule has 214 valence electrons. The highest BCUT2D eigenvalue weighted by Crippen LogP contribution is 2.64. The van der Waals surface area contributed by atoms with E-state index in [0.29, 0.717) is 0 Å². The largest absolute Gasteiger partial charge is 0.364 e. The lowest BCUT2D eigenvalue weighted by Crippen LogP contribution is -2.54. The van der Waals surface area contributed by atoms with Gasteiger partial charge in [-0.1, -0.05) is 112 Å². The average Bonchev–Trinajstić information content (AvgIpc) is 3.37. The number of anilines is 2. The van der Waals surface area contributed by atoms with Gasteiger partial charge in [0.1, 0.15) is 0 Å². The Morgan fingerprint density at radius 1 is 0.476 bits per heavy atom. The van der Waals surface area contributed by atoms with Gasteiger partial charge in [0.05, 0.1) is 11.1 Å². The predicted molar refractivity (Wildman–Crippen MR) is 177 cm³/mol. The molecule has 0 radical (unpaired) electrons. The Morgan fingerprint density at radius 3 is 1.26 bits per heavy atom. The minimum absolute atomic E-state index is 0.0129. The summed E-state index contributed by atoms with van der Waals surface area (Å²) in [4.78, 5) is 5.27. The Morgan fingerprint density at radius 2 is 0.857 bits per heavy atom. The zero-order valence-electron chi connectivity index (χ0n) is 25.8. The average molecular weight is 553 g/mol. The smallest absolute Gasteiger partial charge is 0.0745 e. The van der Waals surface area contributed by atoms with Crippen molar-refractivity contribution in [1.29, 1.82) is 0 Å². The fraction of sp³-hybridized carbons (Fsp3) is 0.400. The van der Waals surface area contributed by atoms with Crippen molar-refractivity contribution in [3.05, 3.63) is 119 Å². The second-order valence-electron chi connectivity index (χ2n) is 14.1. The predicted octanol–water partition coefficient (Wildman–Crippen LogP) is 9.71. The molecule has 0 unspecified atom stereocenters. The lowest BCUT2D eigenvalue weighted by atomic mass is 9.58. The van der Waals surface area contributed by atoms with E-state index in [0.717, 1.165) is 0 Å². The van der Waals surface area contributed by atoms with Gasteiger partial charge in [0, 0.05) is 36.3 Å². The maximum Gasteiger partial charge on any atom is 0.0745 e. The summed E-state index contributed by atoms with van der Waals surface area (Å²) in [5.74, 6) is 0. The van der Waals surface area contributed by atoms with Crippen LogP contribution in [-0.4, -0.2) is 14.1 Å². The Bertz CT molecular complexity index is 1540. The van der Waals surface area contributed by atoms with Crippen molar-refractivity contribution in [1.82, 2.24) is 0 Å². The molecule has 2 nitrogen and oxygen atoms in total. The van der Waals surface area contributed by atoms with Crippen molar-refractivity contribution in [3.8, 4) is 11.1 Å². The van der Waals surface area contributed by atoms with Gasteiger partial charge >= 0.3 is 0 Å². The van der Waals surface area contributed by atoms with Crippen LogP contribution in [0.2, 0.25) is 0 Å². The molecule has 4 aromatic carbocycles. The summed E-state index contributed by atoms with van der Waals surface area (Å²) in [5.41, 5.74) is 11.7. The van der Waals surface area contributed by atoms with Crippen LogP contribution in [0.15, 0.2) is 97.1 Å². The quantitative estimate of drug-likeness (QED) is 0.250. The minimum Gasteiger partial charge on any atom is -0.364 e. The summed E-state index contributed by atoms with van der Waals surface area (Å²) >= 11 is 0. The van der Waals surface area contributed by atoms with E-state index < -0.39 is 0 Å². The number of benzene rings is 4. The summed E-state index contributed by atoms with van der Waals surface area (Å²) in [7, 11) is 4.70. The molecule has 0 amide bonds. The normalized spacial score (nSPS) is 31.3. The maximum atomic E-state index is 2.63. The molecule has 0 N–H and O–H groups in total. The van der Waals surface area contributed by atoms with Gasteiger partial charge in [-0.2, -0.15) is 0 Å². The molecule has 2 aliphatic carbocycles. The van der Waals surface area contributed by atoms with E-state index in [9.17, 15) is 0 Å². The van der Waals surface area contributed by atoms with E-state index >= 15 is 0 Å². The van der Waals surface area contributed by atoms with Crippen LogP contribution in [-0.2, 0) is 21.9 Å². The lowest BCUT2D eigenvalue weighted by molar-refractivity contribution is 0.171. The van der Waals surface area contributed by atoms with Crippen molar-refractivity contribution in [2.24, 2.45) is 0 Å². The summed E-state index contributed by atoms with van der Waals surface area (Å²) in [6, 6.07) is 37.5. The number of nitrogens with zero attached hydrogens (tertiary/aromatic N) is 2. The summed E-state index contributed by atoms with van der Waals surface area (Å²) < 4.78 is 0. The molecule has 2 heterocycles. The second kappa shape index (κ2) is 8.99. The first kappa shape index (κ1) is 26.1. The van der Waals surface area contributed by atoms with Crippen molar-refractivity contribution >= 4 is 11.4 Å². The van der Waals surface area contributed by atoms with Gasteiger partial charge in [0.15, 0.2) is 0 Å². The monoisotopic (exact) mass is 552 g/mol. The number of rotatable bonds is 3.